The molecule has 7 aromatic rings. The third kappa shape index (κ3) is 3.16. The second kappa shape index (κ2) is 8.77. The average molecular weight is 529 g/mol. The molecule has 194 valence electrons. The van der Waals surface area contributed by atoms with Crippen LogP contribution in [-0.2, 0) is 5.41 Å². The summed E-state index contributed by atoms with van der Waals surface area (Å²) in [6.07, 6.45) is 0. The van der Waals surface area contributed by atoms with Crippen LogP contribution in [0.3, 0.4) is 0 Å². The van der Waals surface area contributed by atoms with Crippen LogP contribution in [0, 0.1) is 10.1 Å². The van der Waals surface area contributed by atoms with Gasteiger partial charge in [0.1, 0.15) is 0 Å². The van der Waals surface area contributed by atoms with Gasteiger partial charge < -0.3 is 4.57 Å². The predicted molar refractivity (Wildman–Crippen MR) is 165 cm³/mol. The lowest BCUT2D eigenvalue weighted by Crippen LogP contribution is -2.35. The molecule has 1 aliphatic rings. The fourth-order valence-electron chi connectivity index (χ4n) is 6.98. The highest BCUT2D eigenvalue weighted by molar-refractivity contribution is 6.12. The number of hydrogen-bond acceptors (Lipinski definition) is 2. The fraction of sp³-hybridized carbons (Fsp3) is 0.0270. The van der Waals surface area contributed by atoms with E-state index in [9.17, 15) is 10.1 Å². The zero-order valence-electron chi connectivity index (χ0n) is 22.1. The highest BCUT2D eigenvalue weighted by Gasteiger charge is 2.45. The molecule has 1 aromatic heterocycles. The van der Waals surface area contributed by atoms with Crippen molar-refractivity contribution in [2.75, 3.05) is 0 Å². The first-order valence-electron chi connectivity index (χ1n) is 13.7. The molecule has 2 heterocycles. The average Bonchev–Trinajstić information content (AvgIpc) is 3.38. The second-order valence-corrected chi connectivity index (χ2v) is 10.5. The van der Waals surface area contributed by atoms with E-state index in [0.717, 1.165) is 22.4 Å². The van der Waals surface area contributed by atoms with Crippen molar-refractivity contribution in [2.24, 2.45) is 0 Å². The van der Waals surface area contributed by atoms with Crippen molar-refractivity contribution in [3.63, 3.8) is 0 Å². The third-order valence-electron chi connectivity index (χ3n) is 8.56. The zero-order chi connectivity index (χ0) is 27.6. The van der Waals surface area contributed by atoms with Crippen molar-refractivity contribution in [3.8, 4) is 16.8 Å². The monoisotopic (exact) mass is 528 g/mol. The van der Waals surface area contributed by atoms with E-state index in [-0.39, 0.29) is 10.6 Å². The Kier molecular flexibility index (Phi) is 5.01. The van der Waals surface area contributed by atoms with Crippen LogP contribution in [0.1, 0.15) is 22.3 Å². The summed E-state index contributed by atoms with van der Waals surface area (Å²) >= 11 is 0. The minimum absolute atomic E-state index is 0.102. The van der Waals surface area contributed by atoms with Crippen LogP contribution in [0.15, 0.2) is 146 Å². The summed E-state index contributed by atoms with van der Waals surface area (Å²) in [7, 11) is 0. The largest absolute Gasteiger partial charge is 0.309 e. The molecule has 41 heavy (non-hydrogen) atoms. The van der Waals surface area contributed by atoms with Crippen LogP contribution < -0.4 is 0 Å². The Hall–Kier alpha value is -5.48. The standard InChI is InChI=1S/C37H24N2O2/c40-39(41)34-22-8-4-16-28(34)25-12-10-15-27(24-25)37(26-13-2-1-3-14-26)31-19-6-9-23-35(31)38-33-21-7-5-17-29(33)30-18-11-20-32(37)36(30)38/h1-24H. The van der Waals surface area contributed by atoms with E-state index in [1.165, 1.54) is 32.9 Å². The van der Waals surface area contributed by atoms with Crippen LogP contribution in [0.4, 0.5) is 5.69 Å². The molecule has 1 atom stereocenters. The minimum atomic E-state index is -0.651. The summed E-state index contributed by atoms with van der Waals surface area (Å²) in [5.41, 5.74) is 8.96. The molecule has 0 aliphatic carbocycles. The van der Waals surface area contributed by atoms with E-state index >= 15 is 0 Å². The third-order valence-corrected chi connectivity index (χ3v) is 8.56. The van der Waals surface area contributed by atoms with Gasteiger partial charge in [0.2, 0.25) is 0 Å². The maximum absolute atomic E-state index is 12.0. The maximum atomic E-state index is 12.0. The molecule has 0 spiro atoms. The first-order chi connectivity index (χ1) is 20.2. The van der Waals surface area contributed by atoms with Crippen molar-refractivity contribution in [3.05, 3.63) is 178 Å². The number of nitro groups is 1. The zero-order valence-corrected chi connectivity index (χ0v) is 22.1. The summed E-state index contributed by atoms with van der Waals surface area (Å²) < 4.78 is 2.41. The number of hydrogen-bond donors (Lipinski definition) is 0. The van der Waals surface area contributed by atoms with Crippen molar-refractivity contribution < 1.29 is 4.92 Å². The van der Waals surface area contributed by atoms with E-state index in [0.29, 0.717) is 5.56 Å². The Labute approximate surface area is 236 Å². The van der Waals surface area contributed by atoms with Gasteiger partial charge in [0, 0.05) is 16.8 Å². The van der Waals surface area contributed by atoms with E-state index < -0.39 is 5.41 Å². The molecule has 4 heteroatoms. The Balaban J connectivity index is 1.55. The SMILES string of the molecule is O=[N+]([O-])c1ccccc1-c1cccc(C2(c3ccccc3)c3ccccc3-n3c4ccccc4c4cccc2c43)c1. The van der Waals surface area contributed by atoms with Gasteiger partial charge in [-0.1, -0.05) is 115 Å². The molecule has 4 nitrogen and oxygen atoms in total. The van der Waals surface area contributed by atoms with Gasteiger partial charge in [-0.2, -0.15) is 0 Å². The van der Waals surface area contributed by atoms with Gasteiger partial charge in [-0.3, -0.25) is 10.1 Å². The first kappa shape index (κ1) is 23.4. The number of nitro benzene ring substituents is 1. The number of fused-ring (bicyclic) bond motifs is 5. The molecule has 0 radical (unpaired) electrons. The number of nitrogens with zero attached hydrogens (tertiary/aromatic N) is 2. The quantitative estimate of drug-likeness (QED) is 0.169. The van der Waals surface area contributed by atoms with Gasteiger partial charge in [-0.15, -0.1) is 0 Å². The maximum Gasteiger partial charge on any atom is 0.277 e. The number of benzene rings is 6. The molecule has 0 fully saturated rings. The van der Waals surface area contributed by atoms with Crippen LogP contribution in [0.2, 0.25) is 0 Å². The van der Waals surface area contributed by atoms with E-state index in [4.69, 9.17) is 0 Å². The molecule has 0 saturated heterocycles. The molecule has 1 unspecified atom stereocenters. The van der Waals surface area contributed by atoms with Gasteiger partial charge in [-0.05, 0) is 52.1 Å². The minimum Gasteiger partial charge on any atom is -0.309 e. The Bertz CT molecular complexity index is 2140. The van der Waals surface area contributed by atoms with Gasteiger partial charge >= 0.3 is 0 Å². The van der Waals surface area contributed by atoms with E-state index in [1.807, 2.05) is 30.3 Å². The van der Waals surface area contributed by atoms with Crippen molar-refractivity contribution >= 4 is 27.5 Å². The van der Waals surface area contributed by atoms with Crippen LogP contribution in [0.25, 0.3) is 38.6 Å². The smallest absolute Gasteiger partial charge is 0.277 e. The Morgan fingerprint density at radius 1 is 0.585 bits per heavy atom. The summed E-state index contributed by atoms with van der Waals surface area (Å²) in [4.78, 5) is 11.7. The number of para-hydroxylation sites is 4. The second-order valence-electron chi connectivity index (χ2n) is 10.5. The lowest BCUT2D eigenvalue weighted by Gasteiger charge is -2.41. The Morgan fingerprint density at radius 3 is 2.12 bits per heavy atom. The number of rotatable bonds is 4. The Morgan fingerprint density at radius 2 is 1.24 bits per heavy atom. The molecule has 0 bridgehead atoms. The van der Waals surface area contributed by atoms with Crippen molar-refractivity contribution in [1.82, 2.24) is 4.57 Å². The highest BCUT2D eigenvalue weighted by Crippen LogP contribution is 2.54. The molecule has 0 N–H and O–H groups in total. The first-order valence-corrected chi connectivity index (χ1v) is 13.7. The molecule has 8 rings (SSSR count). The molecular weight excluding hydrogens is 504 g/mol. The molecular formula is C37H24N2O2. The van der Waals surface area contributed by atoms with E-state index in [2.05, 4.69) is 108 Å². The van der Waals surface area contributed by atoms with Crippen LogP contribution in [0.5, 0.6) is 0 Å². The van der Waals surface area contributed by atoms with Crippen molar-refractivity contribution in [2.45, 2.75) is 5.41 Å². The number of aromatic nitrogens is 1. The molecule has 0 saturated carbocycles. The molecule has 6 aromatic carbocycles. The van der Waals surface area contributed by atoms with Crippen molar-refractivity contribution in [1.29, 1.82) is 0 Å². The summed E-state index contributed by atoms with van der Waals surface area (Å²) in [5.74, 6) is 0. The fourth-order valence-corrected chi connectivity index (χ4v) is 6.98. The molecule has 1 aliphatic heterocycles. The molecule has 0 amide bonds. The van der Waals surface area contributed by atoms with Gasteiger partial charge in [0.05, 0.1) is 32.6 Å². The van der Waals surface area contributed by atoms with Gasteiger partial charge in [0.15, 0.2) is 0 Å². The summed E-state index contributed by atoms with van der Waals surface area (Å²) in [5, 5.41) is 14.4. The van der Waals surface area contributed by atoms with Crippen LogP contribution in [-0.4, -0.2) is 9.49 Å². The highest BCUT2D eigenvalue weighted by atomic mass is 16.6. The van der Waals surface area contributed by atoms with Gasteiger partial charge in [-0.25, -0.2) is 0 Å². The van der Waals surface area contributed by atoms with E-state index in [1.54, 1.807) is 12.1 Å². The summed E-state index contributed by atoms with van der Waals surface area (Å²) in [6, 6.07) is 49.8. The van der Waals surface area contributed by atoms with Gasteiger partial charge in [0.25, 0.3) is 5.69 Å². The topological polar surface area (TPSA) is 48.1 Å². The van der Waals surface area contributed by atoms with Crippen LogP contribution >= 0.6 is 0 Å². The predicted octanol–water partition coefficient (Wildman–Crippen LogP) is 9.05. The normalized spacial score (nSPS) is 15.6. The summed E-state index contributed by atoms with van der Waals surface area (Å²) in [6.45, 7) is 0. The lowest BCUT2D eigenvalue weighted by molar-refractivity contribution is -0.384. The lowest BCUT2D eigenvalue weighted by atomic mass is 9.63.